The first-order valence-corrected chi connectivity index (χ1v) is 7.31. The Morgan fingerprint density at radius 2 is 2.09 bits per heavy atom. The molecule has 2 aromatic rings. The minimum atomic E-state index is -0.366. The maximum absolute atomic E-state index is 12.0. The Morgan fingerprint density at radius 1 is 1.36 bits per heavy atom. The zero-order valence-electron chi connectivity index (χ0n) is 13.0. The predicted molar refractivity (Wildman–Crippen MR) is 84.7 cm³/mol. The van der Waals surface area contributed by atoms with Gasteiger partial charge in [-0.05, 0) is 31.0 Å². The summed E-state index contributed by atoms with van der Waals surface area (Å²) in [6.45, 7) is 6.98. The van der Waals surface area contributed by atoms with Crippen molar-refractivity contribution < 1.29 is 4.74 Å². The molecule has 1 aromatic heterocycles. The van der Waals surface area contributed by atoms with Crippen molar-refractivity contribution in [1.82, 2.24) is 9.78 Å². The summed E-state index contributed by atoms with van der Waals surface area (Å²) in [7, 11) is 0. The van der Waals surface area contributed by atoms with Gasteiger partial charge in [0.05, 0.1) is 12.3 Å². The van der Waals surface area contributed by atoms with Gasteiger partial charge in [0.25, 0.3) is 5.56 Å². The number of aromatic nitrogens is 2. The average molecular weight is 297 g/mol. The number of ether oxygens (including phenoxy) is 1. The van der Waals surface area contributed by atoms with E-state index in [4.69, 9.17) is 10.00 Å². The van der Waals surface area contributed by atoms with Gasteiger partial charge in [-0.15, -0.1) is 0 Å². The molecule has 0 aliphatic heterocycles. The lowest BCUT2D eigenvalue weighted by atomic mass is 10.1. The molecular formula is C17H19N3O2. The molecule has 0 amide bonds. The van der Waals surface area contributed by atoms with Crippen LogP contribution >= 0.6 is 0 Å². The van der Waals surface area contributed by atoms with E-state index in [1.54, 1.807) is 0 Å². The molecule has 0 atom stereocenters. The van der Waals surface area contributed by atoms with E-state index in [-0.39, 0.29) is 11.1 Å². The van der Waals surface area contributed by atoms with Crippen LogP contribution in [0.2, 0.25) is 0 Å². The van der Waals surface area contributed by atoms with Crippen LogP contribution < -0.4 is 10.3 Å². The van der Waals surface area contributed by atoms with Gasteiger partial charge in [0.2, 0.25) is 0 Å². The Kier molecular flexibility index (Phi) is 4.95. The molecule has 0 spiro atoms. The van der Waals surface area contributed by atoms with Crippen molar-refractivity contribution in [3.63, 3.8) is 0 Å². The Morgan fingerprint density at radius 3 is 2.73 bits per heavy atom. The maximum atomic E-state index is 12.0. The molecule has 0 aliphatic carbocycles. The fraction of sp³-hybridized carbons (Fsp3) is 0.353. The Hall–Kier alpha value is -2.61. The molecule has 0 unspecified atom stereocenters. The van der Waals surface area contributed by atoms with Gasteiger partial charge in [0.15, 0.2) is 0 Å². The van der Waals surface area contributed by atoms with Crippen LogP contribution in [-0.2, 0) is 6.54 Å². The van der Waals surface area contributed by atoms with Gasteiger partial charge >= 0.3 is 0 Å². The first-order chi connectivity index (χ1) is 10.6. The minimum absolute atomic E-state index is 0.0884. The van der Waals surface area contributed by atoms with Crippen molar-refractivity contribution in [3.8, 4) is 23.1 Å². The van der Waals surface area contributed by atoms with Gasteiger partial charge in [-0.25, -0.2) is 4.68 Å². The molecule has 0 N–H and O–H groups in total. The molecule has 5 nitrogen and oxygen atoms in total. The zero-order chi connectivity index (χ0) is 16.1. The molecule has 0 aliphatic rings. The lowest BCUT2D eigenvalue weighted by Gasteiger charge is -2.13. The Labute approximate surface area is 129 Å². The Bertz CT molecular complexity index is 757. The number of nitriles is 1. The molecule has 1 aromatic carbocycles. The second kappa shape index (κ2) is 6.90. The molecule has 2 rings (SSSR count). The van der Waals surface area contributed by atoms with Gasteiger partial charge in [-0.3, -0.25) is 4.79 Å². The second-order valence-electron chi connectivity index (χ2n) is 5.38. The van der Waals surface area contributed by atoms with Gasteiger partial charge in [-0.1, -0.05) is 26.0 Å². The second-order valence-corrected chi connectivity index (χ2v) is 5.38. The van der Waals surface area contributed by atoms with E-state index < -0.39 is 0 Å². The van der Waals surface area contributed by atoms with Crippen LogP contribution in [0.1, 0.15) is 26.3 Å². The fourth-order valence-electron chi connectivity index (χ4n) is 2.03. The van der Waals surface area contributed by atoms with Crippen molar-refractivity contribution >= 4 is 0 Å². The number of benzene rings is 1. The molecule has 0 fully saturated rings. The van der Waals surface area contributed by atoms with Crippen LogP contribution in [0.5, 0.6) is 5.75 Å². The largest absolute Gasteiger partial charge is 0.493 e. The maximum Gasteiger partial charge on any atom is 0.284 e. The van der Waals surface area contributed by atoms with Crippen LogP contribution in [-0.4, -0.2) is 16.4 Å². The van der Waals surface area contributed by atoms with Crippen LogP contribution in [0, 0.1) is 17.2 Å². The van der Waals surface area contributed by atoms with Crippen molar-refractivity contribution in [1.29, 1.82) is 5.26 Å². The summed E-state index contributed by atoms with van der Waals surface area (Å²) in [6.07, 6.45) is 0. The van der Waals surface area contributed by atoms with Gasteiger partial charge in [0, 0.05) is 12.1 Å². The summed E-state index contributed by atoms with van der Waals surface area (Å²) in [4.78, 5) is 12.0. The molecular weight excluding hydrogens is 278 g/mol. The molecule has 0 saturated heterocycles. The number of aryl methyl sites for hydroxylation is 1. The average Bonchev–Trinajstić information content (AvgIpc) is 2.53. The van der Waals surface area contributed by atoms with E-state index in [1.807, 2.05) is 37.3 Å². The zero-order valence-corrected chi connectivity index (χ0v) is 13.0. The van der Waals surface area contributed by atoms with Gasteiger partial charge in [0.1, 0.15) is 17.4 Å². The van der Waals surface area contributed by atoms with Gasteiger partial charge < -0.3 is 4.74 Å². The lowest BCUT2D eigenvalue weighted by molar-refractivity contribution is 0.272. The van der Waals surface area contributed by atoms with Crippen LogP contribution in [0.3, 0.4) is 0 Å². The fourth-order valence-corrected chi connectivity index (χ4v) is 2.03. The van der Waals surface area contributed by atoms with E-state index in [0.29, 0.717) is 30.5 Å². The standard InChI is InChI=1S/C17H19N3O2/c1-4-20-17(21)13(10-18)9-15(19-20)14-7-5-6-8-16(14)22-11-12(2)3/h5-9,12H,4,11H2,1-3H3. The number of para-hydroxylation sites is 1. The Balaban J connectivity index is 2.53. The van der Waals surface area contributed by atoms with E-state index in [1.165, 1.54) is 10.7 Å². The summed E-state index contributed by atoms with van der Waals surface area (Å²) >= 11 is 0. The van der Waals surface area contributed by atoms with Crippen molar-refractivity contribution in [2.45, 2.75) is 27.3 Å². The highest BCUT2D eigenvalue weighted by molar-refractivity contribution is 5.67. The highest BCUT2D eigenvalue weighted by atomic mass is 16.5. The predicted octanol–water partition coefficient (Wildman–Crippen LogP) is 2.84. The molecule has 114 valence electrons. The van der Waals surface area contributed by atoms with E-state index in [0.717, 1.165) is 5.56 Å². The molecule has 0 bridgehead atoms. The molecule has 5 heteroatoms. The molecule has 0 radical (unpaired) electrons. The van der Waals surface area contributed by atoms with Crippen molar-refractivity contribution in [3.05, 3.63) is 46.2 Å². The number of hydrogen-bond donors (Lipinski definition) is 0. The third-order valence-electron chi connectivity index (χ3n) is 3.13. The topological polar surface area (TPSA) is 67.9 Å². The van der Waals surface area contributed by atoms with Gasteiger partial charge in [-0.2, -0.15) is 10.4 Å². The SMILES string of the molecule is CCn1nc(-c2ccccc2OCC(C)C)cc(C#N)c1=O. The number of hydrogen-bond acceptors (Lipinski definition) is 4. The quantitative estimate of drug-likeness (QED) is 0.851. The highest BCUT2D eigenvalue weighted by Crippen LogP contribution is 2.28. The summed E-state index contributed by atoms with van der Waals surface area (Å²) in [5, 5.41) is 13.5. The smallest absolute Gasteiger partial charge is 0.284 e. The third kappa shape index (κ3) is 3.34. The minimum Gasteiger partial charge on any atom is -0.493 e. The van der Waals surface area contributed by atoms with Crippen LogP contribution in [0.25, 0.3) is 11.3 Å². The number of nitrogens with zero attached hydrogens (tertiary/aromatic N) is 3. The summed E-state index contributed by atoms with van der Waals surface area (Å²) in [6, 6.07) is 11.0. The lowest BCUT2D eigenvalue weighted by Crippen LogP contribution is -2.24. The summed E-state index contributed by atoms with van der Waals surface area (Å²) in [5.41, 5.74) is 1.07. The normalized spacial score (nSPS) is 10.5. The summed E-state index contributed by atoms with van der Waals surface area (Å²) in [5.74, 6) is 1.11. The van der Waals surface area contributed by atoms with E-state index in [9.17, 15) is 4.79 Å². The van der Waals surface area contributed by atoms with E-state index >= 15 is 0 Å². The monoisotopic (exact) mass is 297 g/mol. The molecule has 1 heterocycles. The first-order valence-electron chi connectivity index (χ1n) is 7.31. The third-order valence-corrected chi connectivity index (χ3v) is 3.13. The van der Waals surface area contributed by atoms with E-state index in [2.05, 4.69) is 18.9 Å². The summed E-state index contributed by atoms with van der Waals surface area (Å²) < 4.78 is 7.12. The van der Waals surface area contributed by atoms with Crippen molar-refractivity contribution in [2.75, 3.05) is 6.61 Å². The molecule has 22 heavy (non-hydrogen) atoms. The first kappa shape index (κ1) is 15.8. The van der Waals surface area contributed by atoms with Crippen LogP contribution in [0.15, 0.2) is 35.1 Å². The number of rotatable bonds is 5. The van der Waals surface area contributed by atoms with Crippen LogP contribution in [0.4, 0.5) is 0 Å². The van der Waals surface area contributed by atoms with Crippen molar-refractivity contribution in [2.24, 2.45) is 5.92 Å². The highest BCUT2D eigenvalue weighted by Gasteiger charge is 2.13. The molecule has 0 saturated carbocycles.